The van der Waals surface area contributed by atoms with Crippen molar-refractivity contribution in [2.45, 2.75) is 19.3 Å². The largest absolute Gasteiger partial charge is 0.334 e. The van der Waals surface area contributed by atoms with E-state index in [9.17, 15) is 9.18 Å². The monoisotopic (exact) mass is 371 g/mol. The number of aromatic nitrogens is 2. The highest BCUT2D eigenvalue weighted by Crippen LogP contribution is 2.33. The molecule has 0 saturated carbocycles. The van der Waals surface area contributed by atoms with E-state index in [1.54, 1.807) is 4.90 Å². The van der Waals surface area contributed by atoms with Crippen LogP contribution < -0.4 is 4.90 Å². The van der Waals surface area contributed by atoms with E-state index >= 15 is 0 Å². The molecule has 1 aliphatic rings. The Morgan fingerprint density at radius 2 is 2.12 bits per heavy atom. The predicted octanol–water partition coefficient (Wildman–Crippen LogP) is 4.36. The average molecular weight is 372 g/mol. The van der Waals surface area contributed by atoms with Crippen LogP contribution in [-0.4, -0.2) is 22.6 Å². The lowest BCUT2D eigenvalue weighted by Crippen LogP contribution is -2.24. The Balaban J connectivity index is 1.56. The molecule has 1 fully saturated rings. The van der Waals surface area contributed by atoms with E-state index in [1.165, 1.54) is 18.2 Å². The molecule has 0 aliphatic carbocycles. The van der Waals surface area contributed by atoms with Crippen molar-refractivity contribution in [3.63, 3.8) is 0 Å². The number of carbonyl (C=O) groups excluding carboxylic acids is 1. The van der Waals surface area contributed by atoms with Crippen LogP contribution in [0.2, 0.25) is 5.02 Å². The summed E-state index contributed by atoms with van der Waals surface area (Å²) < 4.78 is 18.7. The second kappa shape index (κ2) is 6.53. The molecule has 4 rings (SSSR count). The number of carbonyl (C=O) groups is 1. The second-order valence-electron chi connectivity index (χ2n) is 6.33. The standard InChI is InChI=1S/C19H15ClFN3O2/c1-11-3-2-4-12(7-11)19-22-18(23-26-19)13-8-17(25)24(10-13)14-5-6-16(21)15(20)9-14/h2-7,9,13H,8,10H2,1H3. The Kier molecular flexibility index (Phi) is 4.20. The van der Waals surface area contributed by atoms with Gasteiger partial charge in [-0.05, 0) is 37.3 Å². The van der Waals surface area contributed by atoms with Crippen molar-refractivity contribution >= 4 is 23.2 Å². The van der Waals surface area contributed by atoms with Crippen molar-refractivity contribution in [2.24, 2.45) is 0 Å². The van der Waals surface area contributed by atoms with Crippen LogP contribution in [0.15, 0.2) is 47.0 Å². The molecule has 1 amide bonds. The fourth-order valence-electron chi connectivity index (χ4n) is 3.08. The molecule has 0 bridgehead atoms. The van der Waals surface area contributed by atoms with Gasteiger partial charge in [-0.25, -0.2) is 4.39 Å². The van der Waals surface area contributed by atoms with Gasteiger partial charge in [0.1, 0.15) is 5.82 Å². The molecule has 2 heterocycles. The molecular formula is C19H15ClFN3O2. The molecular weight excluding hydrogens is 357 g/mol. The van der Waals surface area contributed by atoms with Crippen LogP contribution in [0, 0.1) is 12.7 Å². The summed E-state index contributed by atoms with van der Waals surface area (Å²) in [6, 6.07) is 12.0. The molecule has 26 heavy (non-hydrogen) atoms. The van der Waals surface area contributed by atoms with Crippen LogP contribution in [0.4, 0.5) is 10.1 Å². The number of amides is 1. The van der Waals surface area contributed by atoms with Gasteiger partial charge in [-0.3, -0.25) is 4.79 Å². The molecule has 1 aromatic heterocycles. The van der Waals surface area contributed by atoms with Gasteiger partial charge in [0.15, 0.2) is 5.82 Å². The van der Waals surface area contributed by atoms with Gasteiger partial charge in [-0.1, -0.05) is 34.5 Å². The molecule has 1 atom stereocenters. The molecule has 1 aliphatic heterocycles. The molecule has 7 heteroatoms. The van der Waals surface area contributed by atoms with E-state index in [0.717, 1.165) is 11.1 Å². The van der Waals surface area contributed by atoms with Gasteiger partial charge in [0.05, 0.1) is 5.02 Å². The lowest BCUT2D eigenvalue weighted by Gasteiger charge is -2.16. The molecule has 5 nitrogen and oxygen atoms in total. The highest BCUT2D eigenvalue weighted by molar-refractivity contribution is 6.31. The van der Waals surface area contributed by atoms with Crippen molar-refractivity contribution in [3.8, 4) is 11.5 Å². The minimum Gasteiger partial charge on any atom is -0.334 e. The van der Waals surface area contributed by atoms with Gasteiger partial charge in [0.25, 0.3) is 5.89 Å². The maximum atomic E-state index is 13.3. The number of halogens is 2. The van der Waals surface area contributed by atoms with Crippen LogP contribution >= 0.6 is 11.6 Å². The summed E-state index contributed by atoms with van der Waals surface area (Å²) in [4.78, 5) is 18.4. The van der Waals surface area contributed by atoms with Crippen LogP contribution in [0.3, 0.4) is 0 Å². The summed E-state index contributed by atoms with van der Waals surface area (Å²) in [6.45, 7) is 2.38. The van der Waals surface area contributed by atoms with E-state index in [0.29, 0.717) is 23.9 Å². The molecule has 132 valence electrons. The smallest absolute Gasteiger partial charge is 0.257 e. The van der Waals surface area contributed by atoms with E-state index in [2.05, 4.69) is 10.1 Å². The summed E-state index contributed by atoms with van der Waals surface area (Å²) in [5.41, 5.74) is 2.50. The molecule has 2 aromatic carbocycles. The second-order valence-corrected chi connectivity index (χ2v) is 6.74. The molecule has 1 unspecified atom stereocenters. The van der Waals surface area contributed by atoms with Gasteiger partial charge in [-0.15, -0.1) is 0 Å². The third-order valence-corrected chi connectivity index (χ3v) is 4.70. The van der Waals surface area contributed by atoms with Crippen molar-refractivity contribution < 1.29 is 13.7 Å². The normalized spacial score (nSPS) is 17.1. The maximum Gasteiger partial charge on any atom is 0.257 e. The maximum absolute atomic E-state index is 13.3. The number of hydrogen-bond acceptors (Lipinski definition) is 4. The number of nitrogens with zero attached hydrogens (tertiary/aromatic N) is 3. The molecule has 0 radical (unpaired) electrons. The number of benzene rings is 2. The van der Waals surface area contributed by atoms with Crippen molar-refractivity contribution in [1.29, 1.82) is 0 Å². The van der Waals surface area contributed by atoms with E-state index < -0.39 is 5.82 Å². The van der Waals surface area contributed by atoms with Gasteiger partial charge >= 0.3 is 0 Å². The SMILES string of the molecule is Cc1cccc(-c2nc(C3CC(=O)N(c4ccc(F)c(Cl)c4)C3)no2)c1. The van der Waals surface area contributed by atoms with Gasteiger partial charge in [0.2, 0.25) is 5.91 Å². The Bertz CT molecular complexity index is 988. The fraction of sp³-hybridized carbons (Fsp3) is 0.211. The van der Waals surface area contributed by atoms with Gasteiger partial charge in [-0.2, -0.15) is 4.98 Å². The number of hydrogen-bond donors (Lipinski definition) is 0. The lowest BCUT2D eigenvalue weighted by atomic mass is 10.1. The van der Waals surface area contributed by atoms with E-state index in [1.807, 2.05) is 31.2 Å². The zero-order valence-electron chi connectivity index (χ0n) is 13.9. The number of aryl methyl sites for hydroxylation is 1. The Morgan fingerprint density at radius 3 is 2.88 bits per heavy atom. The average Bonchev–Trinajstić information content (AvgIpc) is 3.24. The van der Waals surface area contributed by atoms with Crippen molar-refractivity contribution in [1.82, 2.24) is 10.1 Å². The van der Waals surface area contributed by atoms with Crippen molar-refractivity contribution in [2.75, 3.05) is 11.4 Å². The minimum absolute atomic E-state index is 0.0138. The molecule has 3 aromatic rings. The van der Waals surface area contributed by atoms with Crippen LogP contribution in [0.1, 0.15) is 23.7 Å². The molecule has 1 saturated heterocycles. The zero-order valence-corrected chi connectivity index (χ0v) is 14.7. The quantitative estimate of drug-likeness (QED) is 0.686. The van der Waals surface area contributed by atoms with Crippen LogP contribution in [0.25, 0.3) is 11.5 Å². The Hall–Kier alpha value is -2.73. The summed E-state index contributed by atoms with van der Waals surface area (Å²) in [7, 11) is 0. The highest BCUT2D eigenvalue weighted by Gasteiger charge is 2.34. The summed E-state index contributed by atoms with van der Waals surface area (Å²) >= 11 is 5.82. The molecule has 0 N–H and O–H groups in total. The first-order chi connectivity index (χ1) is 12.5. The third-order valence-electron chi connectivity index (χ3n) is 4.41. The minimum atomic E-state index is -0.514. The zero-order chi connectivity index (χ0) is 18.3. The topological polar surface area (TPSA) is 59.2 Å². The lowest BCUT2D eigenvalue weighted by molar-refractivity contribution is -0.117. The Morgan fingerprint density at radius 1 is 1.27 bits per heavy atom. The molecule has 0 spiro atoms. The highest BCUT2D eigenvalue weighted by atomic mass is 35.5. The number of rotatable bonds is 3. The van der Waals surface area contributed by atoms with Gasteiger partial charge < -0.3 is 9.42 Å². The summed E-state index contributed by atoms with van der Waals surface area (Å²) in [5, 5.41) is 4.03. The van der Waals surface area contributed by atoms with Gasteiger partial charge in [0, 0.05) is 30.1 Å². The van der Waals surface area contributed by atoms with Crippen molar-refractivity contribution in [3.05, 3.63) is 64.7 Å². The van der Waals surface area contributed by atoms with Crippen LogP contribution in [0.5, 0.6) is 0 Å². The number of anilines is 1. The first-order valence-corrected chi connectivity index (χ1v) is 8.55. The van der Waals surface area contributed by atoms with E-state index in [-0.39, 0.29) is 23.3 Å². The predicted molar refractivity (Wildman–Crippen MR) is 95.6 cm³/mol. The van der Waals surface area contributed by atoms with E-state index in [4.69, 9.17) is 16.1 Å². The Labute approximate surface area is 154 Å². The first-order valence-electron chi connectivity index (χ1n) is 8.17. The fourth-order valence-corrected chi connectivity index (χ4v) is 3.25. The first kappa shape index (κ1) is 16.7. The van der Waals surface area contributed by atoms with Crippen LogP contribution in [-0.2, 0) is 4.79 Å². The summed E-state index contributed by atoms with van der Waals surface area (Å²) in [6.07, 6.45) is 0.266. The summed E-state index contributed by atoms with van der Waals surface area (Å²) in [5.74, 6) is 0.137. The third kappa shape index (κ3) is 3.08.